The van der Waals surface area contributed by atoms with Gasteiger partial charge in [-0.25, -0.2) is 0 Å². The summed E-state index contributed by atoms with van der Waals surface area (Å²) in [6.45, 7) is 4.95. The average molecular weight is 440 g/mol. The van der Waals surface area contributed by atoms with E-state index in [2.05, 4.69) is 12.2 Å². The zero-order valence-electron chi connectivity index (χ0n) is 19.6. The van der Waals surface area contributed by atoms with Crippen LogP contribution in [0.4, 0.5) is 5.69 Å². The Bertz CT molecular complexity index is 522. The fraction of sp³-hybridized carbons (Fsp3) is 0.769. The zero-order chi connectivity index (χ0) is 21.9. The van der Waals surface area contributed by atoms with Gasteiger partial charge in [0.15, 0.2) is 17.1 Å². The lowest BCUT2D eigenvalue weighted by Crippen LogP contribution is -2.04. The third kappa shape index (κ3) is 14.8. The highest BCUT2D eigenvalue weighted by atomic mass is 35.5. The maximum absolute atomic E-state index is 9.96. The van der Waals surface area contributed by atoms with E-state index in [4.69, 9.17) is 16.3 Å². The van der Waals surface area contributed by atoms with Crippen molar-refractivity contribution in [2.75, 3.05) is 11.9 Å². The summed E-state index contributed by atoms with van der Waals surface area (Å²) in [5.41, 5.74) is 0.461. The van der Waals surface area contributed by atoms with Gasteiger partial charge in [-0.05, 0) is 25.5 Å². The van der Waals surface area contributed by atoms with E-state index in [1.807, 2.05) is 6.07 Å². The number of hydrogen-bond donors (Lipinski definition) is 2. The number of benzene rings is 1. The van der Waals surface area contributed by atoms with Crippen molar-refractivity contribution in [2.45, 2.75) is 122 Å². The van der Waals surface area contributed by atoms with Gasteiger partial charge in [0.25, 0.3) is 0 Å². The number of phenolic OH excluding ortho intramolecular Hbond substituents is 1. The Kier molecular flexibility index (Phi) is 16.8. The van der Waals surface area contributed by atoms with Gasteiger partial charge in [0.05, 0.1) is 0 Å². The van der Waals surface area contributed by atoms with E-state index < -0.39 is 5.56 Å². The molecule has 0 radical (unpaired) electrons. The summed E-state index contributed by atoms with van der Waals surface area (Å²) in [4.78, 5) is 0. The second-order valence-electron chi connectivity index (χ2n) is 8.57. The van der Waals surface area contributed by atoms with E-state index in [0.717, 1.165) is 18.7 Å². The van der Waals surface area contributed by atoms with Gasteiger partial charge >= 0.3 is 0 Å². The molecule has 0 saturated carbocycles. The topological polar surface area (TPSA) is 41.5 Å². The van der Waals surface area contributed by atoms with Gasteiger partial charge in [0.1, 0.15) is 0 Å². The molecule has 0 amide bonds. The third-order valence-corrected chi connectivity index (χ3v) is 5.70. The van der Waals surface area contributed by atoms with Crippen LogP contribution in [0.25, 0.3) is 0 Å². The van der Waals surface area contributed by atoms with Gasteiger partial charge < -0.3 is 15.2 Å². The molecule has 1 aromatic carbocycles. The quantitative estimate of drug-likeness (QED) is 0.157. The standard InChI is InChI=1S/C26H46ClNO2/c1-3-4-5-6-7-8-9-10-11-12-13-14-15-16-17-18-21-28-24-19-20-26(25(29)22-24)30-23(2)27/h19-20,22-23,28-29H,3-18,21H2,1-2H3. The van der Waals surface area contributed by atoms with E-state index in [1.54, 1.807) is 19.1 Å². The van der Waals surface area contributed by atoms with Crippen LogP contribution in [0.2, 0.25) is 0 Å². The van der Waals surface area contributed by atoms with Crippen molar-refractivity contribution in [1.82, 2.24) is 0 Å². The Morgan fingerprint density at radius 1 is 0.800 bits per heavy atom. The maximum atomic E-state index is 9.96. The monoisotopic (exact) mass is 439 g/mol. The van der Waals surface area contributed by atoms with Crippen LogP contribution in [0.3, 0.4) is 0 Å². The summed E-state index contributed by atoms with van der Waals surface area (Å²) >= 11 is 5.79. The first-order valence-electron chi connectivity index (χ1n) is 12.5. The van der Waals surface area contributed by atoms with Crippen LogP contribution in [0.5, 0.6) is 11.5 Å². The first-order chi connectivity index (χ1) is 14.6. The normalized spacial score (nSPS) is 12.1. The number of anilines is 1. The molecule has 0 fully saturated rings. The first kappa shape index (κ1) is 26.9. The average Bonchev–Trinajstić information content (AvgIpc) is 2.72. The van der Waals surface area contributed by atoms with Gasteiger partial charge in [0.2, 0.25) is 0 Å². The lowest BCUT2D eigenvalue weighted by atomic mass is 10.0. The minimum Gasteiger partial charge on any atom is -0.504 e. The van der Waals surface area contributed by atoms with Crippen molar-refractivity contribution < 1.29 is 9.84 Å². The fourth-order valence-corrected chi connectivity index (χ4v) is 3.90. The number of rotatable bonds is 20. The lowest BCUT2D eigenvalue weighted by Gasteiger charge is -2.12. The number of unbranched alkanes of at least 4 members (excludes halogenated alkanes) is 15. The van der Waals surface area contributed by atoms with Crippen molar-refractivity contribution in [3.05, 3.63) is 18.2 Å². The van der Waals surface area contributed by atoms with Gasteiger partial charge in [-0.1, -0.05) is 115 Å². The molecule has 0 spiro atoms. The largest absolute Gasteiger partial charge is 0.504 e. The summed E-state index contributed by atoms with van der Waals surface area (Å²) in [6.07, 6.45) is 22.2. The summed E-state index contributed by atoms with van der Waals surface area (Å²) in [5, 5.41) is 13.3. The molecule has 0 aliphatic rings. The van der Waals surface area contributed by atoms with Crippen LogP contribution >= 0.6 is 11.6 Å². The number of alkyl halides is 1. The van der Waals surface area contributed by atoms with Crippen LogP contribution in [0.1, 0.15) is 117 Å². The van der Waals surface area contributed by atoms with E-state index >= 15 is 0 Å². The third-order valence-electron chi connectivity index (χ3n) is 5.61. The number of nitrogens with one attached hydrogen (secondary N) is 1. The van der Waals surface area contributed by atoms with Gasteiger partial charge in [0, 0.05) is 18.3 Å². The molecule has 174 valence electrons. The highest BCUT2D eigenvalue weighted by Crippen LogP contribution is 2.30. The molecule has 2 N–H and O–H groups in total. The minimum absolute atomic E-state index is 0.125. The molecule has 0 aromatic heterocycles. The first-order valence-corrected chi connectivity index (χ1v) is 12.9. The molecule has 0 bridgehead atoms. The summed E-state index contributed by atoms with van der Waals surface area (Å²) in [5.74, 6) is 0.546. The van der Waals surface area contributed by atoms with E-state index in [1.165, 1.54) is 96.3 Å². The van der Waals surface area contributed by atoms with Crippen molar-refractivity contribution in [3.63, 3.8) is 0 Å². The zero-order valence-corrected chi connectivity index (χ0v) is 20.3. The molecular weight excluding hydrogens is 394 g/mol. The van der Waals surface area contributed by atoms with Crippen molar-refractivity contribution in [3.8, 4) is 11.5 Å². The maximum Gasteiger partial charge on any atom is 0.169 e. The minimum atomic E-state index is -0.459. The van der Waals surface area contributed by atoms with Gasteiger partial charge in [-0.3, -0.25) is 0 Å². The predicted octanol–water partition coefficient (Wildman–Crippen LogP) is 9.03. The number of ether oxygens (including phenoxy) is 1. The van der Waals surface area contributed by atoms with Crippen molar-refractivity contribution in [1.29, 1.82) is 0 Å². The Hall–Kier alpha value is -1.09. The predicted molar refractivity (Wildman–Crippen MR) is 132 cm³/mol. The van der Waals surface area contributed by atoms with E-state index in [0.29, 0.717) is 5.75 Å². The van der Waals surface area contributed by atoms with E-state index in [9.17, 15) is 5.11 Å². The molecule has 1 atom stereocenters. The Balaban J connectivity index is 1.86. The fourth-order valence-electron chi connectivity index (χ4n) is 3.81. The molecule has 4 heteroatoms. The number of hydrogen-bond acceptors (Lipinski definition) is 3. The molecule has 0 saturated heterocycles. The highest BCUT2D eigenvalue weighted by molar-refractivity contribution is 6.19. The van der Waals surface area contributed by atoms with Crippen LogP contribution < -0.4 is 10.1 Å². The van der Waals surface area contributed by atoms with E-state index in [-0.39, 0.29) is 5.75 Å². The second-order valence-corrected chi connectivity index (χ2v) is 9.19. The Morgan fingerprint density at radius 3 is 1.70 bits per heavy atom. The van der Waals surface area contributed by atoms with Crippen LogP contribution in [0, 0.1) is 0 Å². The molecule has 30 heavy (non-hydrogen) atoms. The van der Waals surface area contributed by atoms with Crippen LogP contribution in [0.15, 0.2) is 18.2 Å². The molecule has 3 nitrogen and oxygen atoms in total. The molecule has 0 aliphatic carbocycles. The highest BCUT2D eigenvalue weighted by Gasteiger charge is 2.06. The van der Waals surface area contributed by atoms with Crippen molar-refractivity contribution >= 4 is 17.3 Å². The summed E-state index contributed by atoms with van der Waals surface area (Å²) in [6, 6.07) is 5.37. The lowest BCUT2D eigenvalue weighted by molar-refractivity contribution is 0.285. The molecule has 1 unspecified atom stereocenters. The van der Waals surface area contributed by atoms with Crippen molar-refractivity contribution in [2.24, 2.45) is 0 Å². The molecule has 0 aliphatic heterocycles. The number of aromatic hydroxyl groups is 1. The number of phenols is 1. The molecule has 0 heterocycles. The summed E-state index contributed by atoms with van der Waals surface area (Å²) < 4.78 is 5.33. The van der Waals surface area contributed by atoms with Crippen LogP contribution in [-0.4, -0.2) is 17.2 Å². The van der Waals surface area contributed by atoms with Crippen LogP contribution in [-0.2, 0) is 0 Å². The van der Waals surface area contributed by atoms with Gasteiger partial charge in [-0.15, -0.1) is 0 Å². The second kappa shape index (κ2) is 18.7. The van der Waals surface area contributed by atoms with Gasteiger partial charge in [-0.2, -0.15) is 0 Å². The molecule has 1 rings (SSSR count). The molecular formula is C26H46ClNO2. The molecule has 1 aromatic rings. The Labute approximate surface area is 190 Å². The summed E-state index contributed by atoms with van der Waals surface area (Å²) in [7, 11) is 0. The Morgan fingerprint density at radius 2 is 1.27 bits per heavy atom. The number of halogens is 1. The SMILES string of the molecule is CCCCCCCCCCCCCCCCCCNc1ccc(OC(C)Cl)c(O)c1. The smallest absolute Gasteiger partial charge is 0.169 e.